The van der Waals surface area contributed by atoms with E-state index < -0.39 is 0 Å². The quantitative estimate of drug-likeness (QED) is 0.830. The minimum Gasteiger partial charge on any atom is -0.357 e. The Hall–Kier alpha value is -2.61. The molecule has 0 radical (unpaired) electrons. The molecule has 27 heavy (non-hydrogen) atoms. The molecule has 1 fully saturated rings. The fraction of sp³-hybridized carbons (Fsp3) is 0.500. The van der Waals surface area contributed by atoms with Crippen LogP contribution in [-0.4, -0.2) is 42.5 Å². The number of aromatic nitrogens is 1. The highest BCUT2D eigenvalue weighted by Gasteiger charge is 2.28. The van der Waals surface area contributed by atoms with E-state index >= 15 is 0 Å². The van der Waals surface area contributed by atoms with Crippen LogP contribution in [0.15, 0.2) is 30.3 Å². The summed E-state index contributed by atoms with van der Waals surface area (Å²) in [5.41, 5.74) is 1.20. The number of amides is 1. The van der Waals surface area contributed by atoms with Gasteiger partial charge in [0.1, 0.15) is 5.82 Å². The van der Waals surface area contributed by atoms with Crippen LogP contribution >= 0.6 is 0 Å². The summed E-state index contributed by atoms with van der Waals surface area (Å²) in [4.78, 5) is 21.3. The van der Waals surface area contributed by atoms with Crippen LogP contribution in [0.4, 0.5) is 5.82 Å². The zero-order valence-electron chi connectivity index (χ0n) is 16.7. The van der Waals surface area contributed by atoms with E-state index in [-0.39, 0.29) is 11.3 Å². The number of rotatable bonds is 3. The van der Waals surface area contributed by atoms with Gasteiger partial charge >= 0.3 is 0 Å². The molecule has 1 aliphatic rings. The normalized spacial score (nSPS) is 15.6. The number of nitrogens with zero attached hydrogens (tertiary/aromatic N) is 4. The SMILES string of the molecule is CN(CC1CCN(c2cc(C#N)c3ccccc3n2)CC1)C(=O)C(C)(C)C. The van der Waals surface area contributed by atoms with Crippen LogP contribution in [-0.2, 0) is 4.79 Å². The van der Waals surface area contributed by atoms with Crippen LogP contribution in [0.3, 0.4) is 0 Å². The average molecular weight is 364 g/mol. The van der Waals surface area contributed by atoms with Crippen molar-refractivity contribution in [3.8, 4) is 6.07 Å². The van der Waals surface area contributed by atoms with E-state index in [2.05, 4.69) is 11.0 Å². The van der Waals surface area contributed by atoms with Crippen molar-refractivity contribution < 1.29 is 4.79 Å². The maximum atomic E-state index is 12.4. The lowest BCUT2D eigenvalue weighted by molar-refractivity contribution is -0.138. The molecule has 1 aromatic heterocycles. The molecule has 1 amide bonds. The van der Waals surface area contributed by atoms with Crippen molar-refractivity contribution in [2.75, 3.05) is 31.6 Å². The third-order valence-corrected chi connectivity index (χ3v) is 5.28. The molecule has 2 heterocycles. The van der Waals surface area contributed by atoms with Crippen LogP contribution in [0.1, 0.15) is 39.2 Å². The van der Waals surface area contributed by atoms with Gasteiger partial charge in [-0.05, 0) is 30.9 Å². The zero-order valence-corrected chi connectivity index (χ0v) is 16.7. The molecule has 0 N–H and O–H groups in total. The minimum absolute atomic E-state index is 0.194. The highest BCUT2D eigenvalue weighted by atomic mass is 16.2. The molecule has 0 saturated carbocycles. The highest BCUT2D eigenvalue weighted by Crippen LogP contribution is 2.27. The monoisotopic (exact) mass is 364 g/mol. The van der Waals surface area contributed by atoms with Gasteiger partial charge in [0.15, 0.2) is 0 Å². The van der Waals surface area contributed by atoms with Gasteiger partial charge in [-0.25, -0.2) is 4.98 Å². The molecule has 142 valence electrons. The topological polar surface area (TPSA) is 60.2 Å². The molecule has 1 aliphatic heterocycles. The van der Waals surface area contributed by atoms with E-state index in [1.54, 1.807) is 0 Å². The number of piperidine rings is 1. The zero-order chi connectivity index (χ0) is 19.6. The van der Waals surface area contributed by atoms with E-state index in [0.29, 0.717) is 11.5 Å². The maximum absolute atomic E-state index is 12.4. The second-order valence-electron chi connectivity index (χ2n) is 8.52. The summed E-state index contributed by atoms with van der Waals surface area (Å²) in [6.45, 7) is 8.50. The first-order valence-corrected chi connectivity index (χ1v) is 9.60. The van der Waals surface area contributed by atoms with Crippen LogP contribution < -0.4 is 4.90 Å². The number of anilines is 1. The summed E-state index contributed by atoms with van der Waals surface area (Å²) in [6.07, 6.45) is 2.05. The summed E-state index contributed by atoms with van der Waals surface area (Å²) >= 11 is 0. The lowest BCUT2D eigenvalue weighted by Crippen LogP contribution is -2.43. The lowest BCUT2D eigenvalue weighted by atomic mass is 9.92. The molecule has 5 nitrogen and oxygen atoms in total. The van der Waals surface area contributed by atoms with Crippen molar-refractivity contribution in [3.63, 3.8) is 0 Å². The van der Waals surface area contributed by atoms with Crippen molar-refractivity contribution in [2.45, 2.75) is 33.6 Å². The fourth-order valence-corrected chi connectivity index (χ4v) is 3.80. The number of fused-ring (bicyclic) bond motifs is 1. The van der Waals surface area contributed by atoms with Gasteiger partial charge in [-0.15, -0.1) is 0 Å². The fourth-order valence-electron chi connectivity index (χ4n) is 3.80. The average Bonchev–Trinajstić information content (AvgIpc) is 2.66. The number of carbonyl (C=O) groups is 1. The molecule has 0 bridgehead atoms. The van der Waals surface area contributed by atoms with E-state index in [1.165, 1.54) is 0 Å². The predicted molar refractivity (Wildman–Crippen MR) is 108 cm³/mol. The molecule has 0 unspecified atom stereocenters. The van der Waals surface area contributed by atoms with Crippen molar-refractivity contribution in [3.05, 3.63) is 35.9 Å². The second kappa shape index (κ2) is 7.56. The van der Waals surface area contributed by atoms with Crippen LogP contribution in [0.5, 0.6) is 0 Å². The van der Waals surface area contributed by atoms with Crippen molar-refractivity contribution >= 4 is 22.6 Å². The van der Waals surface area contributed by atoms with Gasteiger partial charge in [-0.2, -0.15) is 5.26 Å². The third kappa shape index (κ3) is 4.21. The summed E-state index contributed by atoms with van der Waals surface area (Å²) in [6, 6.07) is 12.0. The molecule has 2 aromatic rings. The van der Waals surface area contributed by atoms with Gasteiger partial charge < -0.3 is 9.80 Å². The number of carbonyl (C=O) groups excluding carboxylic acids is 1. The van der Waals surface area contributed by atoms with E-state index in [9.17, 15) is 10.1 Å². The van der Waals surface area contributed by atoms with Gasteiger partial charge in [0.25, 0.3) is 0 Å². The Morgan fingerprint density at radius 1 is 1.30 bits per heavy atom. The van der Waals surface area contributed by atoms with Gasteiger partial charge in [0, 0.05) is 37.5 Å². The van der Waals surface area contributed by atoms with Crippen molar-refractivity contribution in [1.82, 2.24) is 9.88 Å². The molecule has 1 saturated heterocycles. The van der Waals surface area contributed by atoms with Gasteiger partial charge in [0.05, 0.1) is 17.1 Å². The predicted octanol–water partition coefficient (Wildman–Crippen LogP) is 3.83. The van der Waals surface area contributed by atoms with Gasteiger partial charge in [0.2, 0.25) is 5.91 Å². The first kappa shape index (κ1) is 19.2. The highest BCUT2D eigenvalue weighted by molar-refractivity contribution is 5.86. The molecular formula is C22H28N4O. The summed E-state index contributed by atoms with van der Waals surface area (Å²) in [5, 5.41) is 10.4. The largest absolute Gasteiger partial charge is 0.357 e. The summed E-state index contributed by atoms with van der Waals surface area (Å²) in [5.74, 6) is 1.58. The molecule has 0 spiro atoms. The number of para-hydroxylation sites is 1. The Morgan fingerprint density at radius 3 is 2.59 bits per heavy atom. The molecule has 5 heteroatoms. The summed E-state index contributed by atoms with van der Waals surface area (Å²) < 4.78 is 0. The van der Waals surface area contributed by atoms with Crippen LogP contribution in [0.2, 0.25) is 0 Å². The number of nitriles is 1. The standard InChI is InChI=1S/C22H28N4O/c1-22(2,3)21(27)25(4)15-16-9-11-26(12-10-16)20-13-17(14-23)18-7-5-6-8-19(18)24-20/h5-8,13,16H,9-12,15H2,1-4H3. The molecule has 0 aliphatic carbocycles. The van der Waals surface area contributed by atoms with E-state index in [0.717, 1.165) is 49.2 Å². The number of pyridine rings is 1. The molecule has 0 atom stereocenters. The van der Waals surface area contributed by atoms with Gasteiger partial charge in [-0.3, -0.25) is 4.79 Å². The Kier molecular flexibility index (Phi) is 5.36. The summed E-state index contributed by atoms with van der Waals surface area (Å²) in [7, 11) is 1.91. The first-order chi connectivity index (χ1) is 12.8. The maximum Gasteiger partial charge on any atom is 0.227 e. The van der Waals surface area contributed by atoms with Crippen LogP contribution in [0.25, 0.3) is 10.9 Å². The Labute approximate surface area is 161 Å². The van der Waals surface area contributed by atoms with Crippen molar-refractivity contribution in [1.29, 1.82) is 5.26 Å². The Morgan fingerprint density at radius 2 is 1.96 bits per heavy atom. The third-order valence-electron chi connectivity index (χ3n) is 5.28. The smallest absolute Gasteiger partial charge is 0.227 e. The van der Waals surface area contributed by atoms with E-state index in [4.69, 9.17) is 4.98 Å². The number of hydrogen-bond acceptors (Lipinski definition) is 4. The number of benzene rings is 1. The Balaban J connectivity index is 1.67. The van der Waals surface area contributed by atoms with Crippen molar-refractivity contribution in [2.24, 2.45) is 11.3 Å². The van der Waals surface area contributed by atoms with E-state index in [1.807, 2.05) is 63.1 Å². The molecular weight excluding hydrogens is 336 g/mol. The Bertz CT molecular complexity index is 870. The number of hydrogen-bond donors (Lipinski definition) is 0. The minimum atomic E-state index is -0.335. The second-order valence-corrected chi connectivity index (χ2v) is 8.52. The lowest BCUT2D eigenvalue weighted by Gasteiger charge is -2.36. The molecule has 1 aromatic carbocycles. The van der Waals surface area contributed by atoms with Crippen LogP contribution in [0, 0.1) is 22.7 Å². The first-order valence-electron chi connectivity index (χ1n) is 9.60. The molecule has 3 rings (SSSR count). The van der Waals surface area contributed by atoms with Gasteiger partial charge in [-0.1, -0.05) is 39.0 Å².